The van der Waals surface area contributed by atoms with E-state index >= 15 is 0 Å². The second kappa shape index (κ2) is 6.99. The molecule has 2 rings (SSSR count). The number of anilines is 1. The largest absolute Gasteiger partial charge is 0.470 e. The first-order valence-corrected chi connectivity index (χ1v) is 6.70. The van der Waals surface area contributed by atoms with Gasteiger partial charge in [-0.1, -0.05) is 0 Å². The molecule has 8 nitrogen and oxygen atoms in total. The third-order valence-corrected chi connectivity index (χ3v) is 3.00. The smallest absolute Gasteiger partial charge is 0.372 e. The monoisotopic (exact) mass is 282 g/mol. The zero-order valence-electron chi connectivity index (χ0n) is 11.4. The maximum atomic E-state index is 11.1. The Morgan fingerprint density at radius 3 is 3.05 bits per heavy atom. The lowest BCUT2D eigenvalue weighted by Crippen LogP contribution is -2.26. The van der Waals surface area contributed by atoms with Gasteiger partial charge in [-0.3, -0.25) is 10.1 Å². The molecule has 0 bridgehead atoms. The van der Waals surface area contributed by atoms with E-state index in [-0.39, 0.29) is 30.1 Å². The third-order valence-electron chi connectivity index (χ3n) is 3.00. The van der Waals surface area contributed by atoms with E-state index in [0.717, 1.165) is 19.3 Å². The number of ether oxygens (including phenoxy) is 2. The molecule has 0 aromatic carbocycles. The molecule has 20 heavy (non-hydrogen) atoms. The highest BCUT2D eigenvalue weighted by Crippen LogP contribution is 2.31. The predicted octanol–water partition coefficient (Wildman–Crippen LogP) is 1.76. The molecule has 1 aliphatic heterocycles. The molecule has 1 aliphatic rings. The summed E-state index contributed by atoms with van der Waals surface area (Å²) in [6.07, 6.45) is 4.26. The van der Waals surface area contributed by atoms with Crippen LogP contribution in [0.2, 0.25) is 0 Å². The molecular formula is C12H18N4O4. The van der Waals surface area contributed by atoms with Gasteiger partial charge in [0.2, 0.25) is 5.82 Å². The van der Waals surface area contributed by atoms with Gasteiger partial charge in [-0.25, -0.2) is 4.98 Å². The molecule has 110 valence electrons. The lowest BCUT2D eigenvalue weighted by atomic mass is 10.1. The van der Waals surface area contributed by atoms with Crippen molar-refractivity contribution in [2.24, 2.45) is 0 Å². The second-order valence-electron chi connectivity index (χ2n) is 4.46. The van der Waals surface area contributed by atoms with Crippen LogP contribution in [0, 0.1) is 10.1 Å². The molecule has 1 saturated heterocycles. The topological polar surface area (TPSA) is 99.4 Å². The summed E-state index contributed by atoms with van der Waals surface area (Å²) in [4.78, 5) is 18.3. The Morgan fingerprint density at radius 2 is 2.40 bits per heavy atom. The van der Waals surface area contributed by atoms with Crippen LogP contribution in [-0.2, 0) is 4.74 Å². The number of hydrogen-bond acceptors (Lipinski definition) is 7. The molecule has 0 aliphatic carbocycles. The predicted molar refractivity (Wildman–Crippen MR) is 71.9 cm³/mol. The van der Waals surface area contributed by atoms with Gasteiger partial charge in [0.15, 0.2) is 0 Å². The minimum atomic E-state index is -0.533. The number of hydrogen-bond donors (Lipinski definition) is 1. The van der Waals surface area contributed by atoms with Crippen molar-refractivity contribution in [1.29, 1.82) is 0 Å². The van der Waals surface area contributed by atoms with Crippen LogP contribution < -0.4 is 10.1 Å². The molecule has 0 radical (unpaired) electrons. The van der Waals surface area contributed by atoms with Crippen molar-refractivity contribution >= 4 is 11.5 Å². The van der Waals surface area contributed by atoms with E-state index in [2.05, 4.69) is 15.3 Å². The van der Waals surface area contributed by atoms with E-state index < -0.39 is 4.92 Å². The van der Waals surface area contributed by atoms with Crippen molar-refractivity contribution in [3.63, 3.8) is 0 Å². The maximum absolute atomic E-state index is 11.1. The van der Waals surface area contributed by atoms with Crippen molar-refractivity contribution in [3.8, 4) is 5.88 Å². The number of nitrogens with one attached hydrogen (secondary N) is 1. The lowest BCUT2D eigenvalue weighted by molar-refractivity contribution is -0.385. The fourth-order valence-corrected chi connectivity index (χ4v) is 2.04. The summed E-state index contributed by atoms with van der Waals surface area (Å²) in [5.41, 5.74) is -0.231. The molecule has 0 saturated carbocycles. The van der Waals surface area contributed by atoms with Crippen molar-refractivity contribution in [2.45, 2.75) is 32.3 Å². The fourth-order valence-electron chi connectivity index (χ4n) is 2.04. The van der Waals surface area contributed by atoms with Gasteiger partial charge in [-0.15, -0.1) is 0 Å². The number of nitro groups is 1. The summed E-state index contributed by atoms with van der Waals surface area (Å²) < 4.78 is 11.0. The Labute approximate surface area is 116 Å². The summed E-state index contributed by atoms with van der Waals surface area (Å²) in [6.45, 7) is 3.34. The van der Waals surface area contributed by atoms with E-state index in [1.54, 1.807) is 0 Å². The lowest BCUT2D eigenvalue weighted by Gasteiger charge is -2.22. The average molecular weight is 282 g/mol. The molecule has 1 aromatic rings. The van der Waals surface area contributed by atoms with Crippen LogP contribution in [0.5, 0.6) is 5.88 Å². The summed E-state index contributed by atoms with van der Waals surface area (Å²) in [7, 11) is 0. The van der Waals surface area contributed by atoms with Crippen molar-refractivity contribution in [3.05, 3.63) is 16.4 Å². The number of aromatic nitrogens is 2. The van der Waals surface area contributed by atoms with Gasteiger partial charge < -0.3 is 14.8 Å². The molecule has 0 spiro atoms. The quantitative estimate of drug-likeness (QED) is 0.626. The van der Waals surface area contributed by atoms with Gasteiger partial charge in [-0.05, 0) is 26.2 Å². The summed E-state index contributed by atoms with van der Waals surface area (Å²) in [5, 5.41) is 14.0. The zero-order chi connectivity index (χ0) is 14.4. The molecule has 1 aromatic heterocycles. The van der Waals surface area contributed by atoms with Gasteiger partial charge in [-0.2, -0.15) is 4.98 Å². The third kappa shape index (κ3) is 3.53. The molecule has 8 heteroatoms. The first kappa shape index (κ1) is 14.4. The summed E-state index contributed by atoms with van der Waals surface area (Å²) >= 11 is 0. The summed E-state index contributed by atoms with van der Waals surface area (Å²) in [5.74, 6) is 0.155. The fraction of sp³-hybridized carbons (Fsp3) is 0.667. The van der Waals surface area contributed by atoms with Gasteiger partial charge >= 0.3 is 5.69 Å². The highest BCUT2D eigenvalue weighted by Gasteiger charge is 2.25. The van der Waals surface area contributed by atoms with E-state index in [9.17, 15) is 10.1 Å². The molecule has 1 atom stereocenters. The SMILES string of the molecule is CCNc1ncnc(OCC2CCCCO2)c1[N+](=O)[O-]. The molecule has 2 heterocycles. The van der Waals surface area contributed by atoms with E-state index in [0.29, 0.717) is 13.2 Å². The maximum Gasteiger partial charge on any atom is 0.372 e. The van der Waals surface area contributed by atoms with Gasteiger partial charge in [0.05, 0.1) is 11.0 Å². The Kier molecular flexibility index (Phi) is 5.05. The highest BCUT2D eigenvalue weighted by molar-refractivity contribution is 5.60. The van der Waals surface area contributed by atoms with Crippen LogP contribution in [-0.4, -0.2) is 40.8 Å². The normalized spacial score (nSPS) is 18.6. The molecule has 0 amide bonds. The van der Waals surface area contributed by atoms with Crippen LogP contribution in [0.1, 0.15) is 26.2 Å². The zero-order valence-corrected chi connectivity index (χ0v) is 11.4. The first-order chi connectivity index (χ1) is 9.72. The number of nitrogens with zero attached hydrogens (tertiary/aromatic N) is 3. The van der Waals surface area contributed by atoms with Crippen molar-refractivity contribution < 1.29 is 14.4 Å². The minimum Gasteiger partial charge on any atom is -0.470 e. The van der Waals surface area contributed by atoms with E-state index in [1.165, 1.54) is 6.33 Å². The Hall–Kier alpha value is -1.96. The van der Waals surface area contributed by atoms with Gasteiger partial charge in [0, 0.05) is 13.2 Å². The van der Waals surface area contributed by atoms with Gasteiger partial charge in [0.25, 0.3) is 5.88 Å². The average Bonchev–Trinajstić information content (AvgIpc) is 2.46. The van der Waals surface area contributed by atoms with Crippen LogP contribution >= 0.6 is 0 Å². The van der Waals surface area contributed by atoms with Crippen LogP contribution in [0.4, 0.5) is 11.5 Å². The summed E-state index contributed by atoms with van der Waals surface area (Å²) in [6, 6.07) is 0. The van der Waals surface area contributed by atoms with Crippen molar-refractivity contribution in [1.82, 2.24) is 9.97 Å². The molecule has 1 unspecified atom stereocenters. The molecule has 1 fully saturated rings. The Balaban J connectivity index is 2.09. The highest BCUT2D eigenvalue weighted by atomic mass is 16.6. The minimum absolute atomic E-state index is 0.0184. The molecular weight excluding hydrogens is 264 g/mol. The standard InChI is InChI=1S/C12H18N4O4/c1-2-13-11-10(16(17)18)12(15-8-14-11)20-7-9-5-3-4-6-19-9/h8-9H,2-7H2,1H3,(H,13,14,15). The van der Waals surface area contributed by atoms with E-state index in [4.69, 9.17) is 9.47 Å². The van der Waals surface area contributed by atoms with E-state index in [1.807, 2.05) is 6.92 Å². The first-order valence-electron chi connectivity index (χ1n) is 6.70. The van der Waals surface area contributed by atoms with Gasteiger partial charge in [0.1, 0.15) is 12.9 Å². The van der Waals surface area contributed by atoms with Crippen LogP contribution in [0.15, 0.2) is 6.33 Å². The molecule has 1 N–H and O–H groups in total. The van der Waals surface area contributed by atoms with Crippen molar-refractivity contribution in [2.75, 3.05) is 25.1 Å². The van der Waals surface area contributed by atoms with Crippen LogP contribution in [0.25, 0.3) is 0 Å². The Bertz CT molecular complexity index is 463. The number of rotatable bonds is 6. The van der Waals surface area contributed by atoms with Crippen LogP contribution in [0.3, 0.4) is 0 Å². The Morgan fingerprint density at radius 1 is 1.55 bits per heavy atom. The second-order valence-corrected chi connectivity index (χ2v) is 4.46.